The molecule has 9 nitrogen and oxygen atoms in total. The van der Waals surface area contributed by atoms with Gasteiger partial charge < -0.3 is 24.6 Å². The maximum absolute atomic E-state index is 16.9. The summed E-state index contributed by atoms with van der Waals surface area (Å²) in [5.41, 5.74) is -1.39. The van der Waals surface area contributed by atoms with Crippen LogP contribution in [0.4, 0.5) is 19.0 Å². The number of benzene rings is 2. The van der Waals surface area contributed by atoms with Crippen LogP contribution in [0, 0.1) is 24.0 Å². The van der Waals surface area contributed by atoms with E-state index in [1.165, 1.54) is 24.3 Å². The zero-order valence-electron chi connectivity index (χ0n) is 24.3. The zero-order valence-corrected chi connectivity index (χ0v) is 24.3. The van der Waals surface area contributed by atoms with Crippen molar-refractivity contribution in [3.05, 3.63) is 41.5 Å². The van der Waals surface area contributed by atoms with E-state index in [1.807, 2.05) is 4.90 Å². The molecule has 4 aliphatic rings. The molecule has 45 heavy (non-hydrogen) atoms. The molecular formula is C33H30F3N5O4. The number of rotatable bonds is 6. The minimum Gasteiger partial charge on any atom is -0.508 e. The third-order valence-electron chi connectivity index (χ3n) is 9.85. The number of nitrogens with zero attached hydrogens (tertiary/aromatic N) is 5. The lowest BCUT2D eigenvalue weighted by Gasteiger charge is -2.32. The van der Waals surface area contributed by atoms with Crippen molar-refractivity contribution in [1.82, 2.24) is 19.9 Å². The molecule has 2 N–H and O–H groups in total. The van der Waals surface area contributed by atoms with Gasteiger partial charge in [0.05, 0.1) is 23.2 Å². The molecule has 0 bridgehead atoms. The number of pyridine rings is 1. The van der Waals surface area contributed by atoms with E-state index in [4.69, 9.17) is 20.9 Å². The van der Waals surface area contributed by atoms with Crippen LogP contribution in [0.1, 0.15) is 37.7 Å². The highest BCUT2D eigenvalue weighted by Crippen LogP contribution is 2.51. The summed E-state index contributed by atoms with van der Waals surface area (Å²) >= 11 is 0. The Morgan fingerprint density at radius 1 is 1.13 bits per heavy atom. The van der Waals surface area contributed by atoms with Crippen molar-refractivity contribution in [3.8, 4) is 41.2 Å². The number of anilines is 1. The molecule has 2 aromatic heterocycles. The summed E-state index contributed by atoms with van der Waals surface area (Å²) in [7, 11) is 0. The number of phenolic OH excluding ortho intramolecular Hbond substituents is 1. The van der Waals surface area contributed by atoms with Crippen LogP contribution in [0.2, 0.25) is 0 Å². The number of aliphatic hydroxyl groups excluding tert-OH is 1. The van der Waals surface area contributed by atoms with E-state index >= 15 is 4.39 Å². The molecule has 4 aromatic rings. The zero-order chi connectivity index (χ0) is 31.1. The molecule has 232 valence electrons. The fraction of sp³-hybridized carbons (Fsp3) is 0.424. The summed E-state index contributed by atoms with van der Waals surface area (Å²) in [6.45, 7) is 1.49. The Morgan fingerprint density at radius 3 is 2.76 bits per heavy atom. The van der Waals surface area contributed by atoms with Gasteiger partial charge in [-0.15, -0.1) is 6.42 Å². The minimum absolute atomic E-state index is 0.0569. The van der Waals surface area contributed by atoms with Crippen LogP contribution in [-0.4, -0.2) is 86.8 Å². The van der Waals surface area contributed by atoms with Crippen molar-refractivity contribution in [2.45, 2.75) is 49.4 Å². The Balaban J connectivity index is 1.34. The van der Waals surface area contributed by atoms with Crippen LogP contribution in [0.15, 0.2) is 24.3 Å². The fourth-order valence-corrected chi connectivity index (χ4v) is 7.55. The van der Waals surface area contributed by atoms with E-state index in [1.54, 1.807) is 0 Å². The van der Waals surface area contributed by atoms with Crippen LogP contribution in [0.5, 0.6) is 17.6 Å². The fourth-order valence-electron chi connectivity index (χ4n) is 7.55. The molecule has 3 aliphatic heterocycles. The second-order valence-electron chi connectivity index (χ2n) is 12.5. The van der Waals surface area contributed by atoms with Crippen molar-refractivity contribution >= 4 is 27.5 Å². The maximum atomic E-state index is 16.9. The van der Waals surface area contributed by atoms with Gasteiger partial charge in [-0.2, -0.15) is 9.97 Å². The minimum atomic E-state index is -0.952. The van der Waals surface area contributed by atoms with Gasteiger partial charge in [-0.1, -0.05) is 12.0 Å². The van der Waals surface area contributed by atoms with Gasteiger partial charge in [-0.25, -0.2) is 18.2 Å². The van der Waals surface area contributed by atoms with Gasteiger partial charge >= 0.3 is 6.01 Å². The van der Waals surface area contributed by atoms with Crippen molar-refractivity contribution in [2.24, 2.45) is 0 Å². The van der Waals surface area contributed by atoms with Crippen molar-refractivity contribution < 1.29 is 32.9 Å². The number of hydrogen-bond donors (Lipinski definition) is 2. The van der Waals surface area contributed by atoms with Gasteiger partial charge in [0.2, 0.25) is 5.88 Å². The summed E-state index contributed by atoms with van der Waals surface area (Å²) in [4.78, 5) is 17.8. The van der Waals surface area contributed by atoms with Gasteiger partial charge in [0.15, 0.2) is 5.82 Å². The van der Waals surface area contributed by atoms with Crippen molar-refractivity contribution in [2.75, 3.05) is 44.4 Å². The van der Waals surface area contributed by atoms with Crippen LogP contribution < -0.4 is 14.4 Å². The number of hydrogen-bond acceptors (Lipinski definition) is 9. The molecular weight excluding hydrogens is 587 g/mol. The monoisotopic (exact) mass is 617 g/mol. The largest absolute Gasteiger partial charge is 0.508 e. The van der Waals surface area contributed by atoms with E-state index in [-0.39, 0.29) is 77.1 Å². The van der Waals surface area contributed by atoms with Crippen molar-refractivity contribution in [3.63, 3.8) is 0 Å². The Kier molecular flexibility index (Phi) is 6.31. The lowest BCUT2D eigenvalue weighted by atomic mass is 9.95. The summed E-state index contributed by atoms with van der Waals surface area (Å²) in [6, 6.07) is 5.24. The Bertz CT molecular complexity index is 1930. The maximum Gasteiger partial charge on any atom is 0.319 e. The van der Waals surface area contributed by atoms with Crippen LogP contribution in [-0.2, 0) is 0 Å². The predicted molar refractivity (Wildman–Crippen MR) is 160 cm³/mol. The van der Waals surface area contributed by atoms with Gasteiger partial charge in [0.1, 0.15) is 53.4 Å². The molecule has 3 fully saturated rings. The number of ether oxygens (including phenoxy) is 2. The molecule has 5 heterocycles. The second-order valence-corrected chi connectivity index (χ2v) is 12.5. The predicted octanol–water partition coefficient (Wildman–Crippen LogP) is 4.49. The molecule has 12 heteroatoms. The number of phenols is 1. The third-order valence-corrected chi connectivity index (χ3v) is 9.85. The lowest BCUT2D eigenvalue weighted by molar-refractivity contribution is 0.107. The molecule has 0 unspecified atom stereocenters. The lowest BCUT2D eigenvalue weighted by Crippen LogP contribution is -2.44. The Hall–Kier alpha value is -4.34. The van der Waals surface area contributed by atoms with Crippen LogP contribution in [0.3, 0.4) is 0 Å². The number of aliphatic hydroxyl groups is 1. The molecule has 0 radical (unpaired) electrons. The van der Waals surface area contributed by atoms with Gasteiger partial charge in [0, 0.05) is 30.5 Å². The van der Waals surface area contributed by atoms with Crippen LogP contribution >= 0.6 is 0 Å². The van der Waals surface area contributed by atoms with E-state index in [9.17, 15) is 19.0 Å². The Morgan fingerprint density at radius 2 is 1.98 bits per heavy atom. The van der Waals surface area contributed by atoms with E-state index in [0.717, 1.165) is 32.2 Å². The summed E-state index contributed by atoms with van der Waals surface area (Å²) < 4.78 is 58.7. The number of aromatic hydroxyl groups is 1. The number of aromatic nitrogens is 3. The number of terminal acetylenes is 1. The highest BCUT2D eigenvalue weighted by Gasteiger charge is 2.52. The van der Waals surface area contributed by atoms with Gasteiger partial charge in [0.25, 0.3) is 0 Å². The average molecular weight is 618 g/mol. The molecule has 2 atom stereocenters. The molecule has 1 aliphatic carbocycles. The smallest absolute Gasteiger partial charge is 0.319 e. The number of fused-ring (bicyclic) bond motifs is 2. The first kappa shape index (κ1) is 28.2. The summed E-state index contributed by atoms with van der Waals surface area (Å²) in [5, 5.41) is 21.4. The highest BCUT2D eigenvalue weighted by atomic mass is 19.1. The van der Waals surface area contributed by atoms with Gasteiger partial charge in [-0.05, 0) is 55.8 Å². The summed E-state index contributed by atoms with van der Waals surface area (Å²) in [6.07, 6.45) is 8.29. The second kappa shape index (κ2) is 10.1. The first-order chi connectivity index (χ1) is 21.8. The van der Waals surface area contributed by atoms with E-state index in [2.05, 4.69) is 20.8 Å². The molecule has 2 saturated heterocycles. The third kappa shape index (κ3) is 4.28. The molecule has 2 aromatic carbocycles. The van der Waals surface area contributed by atoms with E-state index < -0.39 is 28.9 Å². The summed E-state index contributed by atoms with van der Waals surface area (Å²) in [5.74, 6) is 0.989. The first-order valence-electron chi connectivity index (χ1n) is 15.1. The van der Waals surface area contributed by atoms with Crippen LogP contribution in [0.25, 0.3) is 32.9 Å². The van der Waals surface area contributed by atoms with E-state index in [0.29, 0.717) is 24.2 Å². The topological polar surface area (TPSA) is 104 Å². The molecule has 1 saturated carbocycles. The Labute approximate surface area is 256 Å². The highest BCUT2D eigenvalue weighted by molar-refractivity contribution is 6.04. The molecule has 0 amide bonds. The SMILES string of the molecule is C#Cc1c(F)ccc2cc(O)cc(-c3nc4c5c(nc(OC[C@@]67CCCN6C[C@H](F)C7)nc5c3F)N(CCO)C3(CC3)CO4)c12. The quantitative estimate of drug-likeness (QED) is 0.303. The standard InChI is InChI=1S/C33H30F3N5O4/c1-2-21-23(35)5-4-18-12-20(43)13-22(24(18)21)27-26(36)28-25-29(41(10-11-42)32(7-8-32)16-44-30(25)37-27)39-31(38-28)45-17-33-6-3-9-40(33)15-19(34)14-33/h1,4-5,12-13,19,42-43H,3,6-11,14-17H2/t19-,33+/m1/s1. The van der Waals surface area contributed by atoms with Crippen molar-refractivity contribution in [1.29, 1.82) is 0 Å². The molecule has 8 rings (SSSR count). The van der Waals surface area contributed by atoms with Gasteiger partial charge in [-0.3, -0.25) is 4.90 Å². The number of halogens is 3. The number of β-amino-alcohol motifs (C(OH)–C–C–N with tert-alkyl or cyclic N) is 1. The molecule has 1 spiro atoms. The normalized spacial score (nSPS) is 23.3. The average Bonchev–Trinajstić information content (AvgIpc) is 3.64. The first-order valence-corrected chi connectivity index (χ1v) is 15.1. The number of alkyl halides is 1.